The predicted molar refractivity (Wildman–Crippen MR) is 127 cm³/mol. The van der Waals surface area contributed by atoms with Crippen molar-refractivity contribution in [2.24, 2.45) is 17.3 Å². The maximum atomic E-state index is 14.1. The van der Waals surface area contributed by atoms with Gasteiger partial charge in [-0.3, -0.25) is 4.90 Å². The van der Waals surface area contributed by atoms with Crippen molar-refractivity contribution >= 4 is 5.82 Å². The smallest absolute Gasteiger partial charge is 0.168 e. The van der Waals surface area contributed by atoms with E-state index >= 15 is 0 Å². The number of nitrogens with one attached hydrogen (secondary N) is 1. The minimum absolute atomic E-state index is 0.111. The molecule has 2 aromatic rings. The standard InChI is InChI=1S/C27H33F3N4O/c28-19-13-22(26(30)23(29)14-19)24-1-2-25(33-32-24)31-20-11-17-15-34(16-18(17)12-20)21-3-5-27(6-4-21)7-9-35-10-8-27/h1-2,13-14,17-18,20-21H,3-12,15-16H2,(H,31,33)/t17-,18+,20-. The van der Waals surface area contributed by atoms with Gasteiger partial charge in [-0.1, -0.05) is 0 Å². The molecule has 1 N–H and O–H groups in total. The average Bonchev–Trinajstić information content (AvgIpc) is 3.42. The van der Waals surface area contributed by atoms with Gasteiger partial charge in [-0.05, 0) is 86.8 Å². The molecule has 35 heavy (non-hydrogen) atoms. The van der Waals surface area contributed by atoms with E-state index in [0.29, 0.717) is 35.2 Å². The molecule has 188 valence electrons. The number of nitrogens with zero attached hydrogens (tertiary/aromatic N) is 3. The topological polar surface area (TPSA) is 50.3 Å². The molecule has 3 atom stereocenters. The van der Waals surface area contributed by atoms with Crippen molar-refractivity contribution in [3.05, 3.63) is 41.7 Å². The van der Waals surface area contributed by atoms with E-state index in [4.69, 9.17) is 4.74 Å². The maximum absolute atomic E-state index is 14.1. The summed E-state index contributed by atoms with van der Waals surface area (Å²) in [6, 6.07) is 5.81. The molecule has 8 heteroatoms. The normalized spacial score (nSPS) is 28.9. The molecule has 1 aromatic carbocycles. The highest BCUT2D eigenvalue weighted by molar-refractivity contribution is 5.60. The molecule has 1 spiro atoms. The van der Waals surface area contributed by atoms with Crippen molar-refractivity contribution in [1.82, 2.24) is 15.1 Å². The number of halogens is 3. The van der Waals surface area contributed by atoms with Crippen LogP contribution in [0.15, 0.2) is 24.3 Å². The van der Waals surface area contributed by atoms with Crippen LogP contribution >= 0.6 is 0 Å². The summed E-state index contributed by atoms with van der Waals surface area (Å²) in [5.74, 6) is -1.15. The Kier molecular flexibility index (Phi) is 6.21. The van der Waals surface area contributed by atoms with E-state index in [9.17, 15) is 13.2 Å². The van der Waals surface area contributed by atoms with Crippen LogP contribution in [0.4, 0.5) is 19.0 Å². The molecule has 3 heterocycles. The molecule has 0 bridgehead atoms. The second-order valence-corrected chi connectivity index (χ2v) is 11.2. The summed E-state index contributed by atoms with van der Waals surface area (Å²) in [6.45, 7) is 4.28. The number of anilines is 1. The van der Waals surface area contributed by atoms with Gasteiger partial charge in [0.15, 0.2) is 11.6 Å². The summed E-state index contributed by atoms with van der Waals surface area (Å²) in [6.07, 6.45) is 10.1. The summed E-state index contributed by atoms with van der Waals surface area (Å²) in [5, 5.41) is 11.6. The van der Waals surface area contributed by atoms with Crippen LogP contribution in [-0.4, -0.2) is 53.5 Å². The van der Waals surface area contributed by atoms with E-state index in [1.165, 1.54) is 51.6 Å². The van der Waals surface area contributed by atoms with E-state index in [-0.39, 0.29) is 11.3 Å². The Labute approximate surface area is 204 Å². The number of fused-ring (bicyclic) bond motifs is 1. The molecular formula is C27H33F3N4O. The van der Waals surface area contributed by atoms with Gasteiger partial charge in [-0.15, -0.1) is 10.2 Å². The van der Waals surface area contributed by atoms with Crippen LogP contribution in [0, 0.1) is 34.7 Å². The number of hydrogen-bond donors (Lipinski definition) is 1. The van der Waals surface area contributed by atoms with Crippen LogP contribution < -0.4 is 5.32 Å². The van der Waals surface area contributed by atoms with Crippen molar-refractivity contribution in [2.75, 3.05) is 31.6 Å². The van der Waals surface area contributed by atoms with Crippen molar-refractivity contribution in [3.63, 3.8) is 0 Å². The summed E-state index contributed by atoms with van der Waals surface area (Å²) in [4.78, 5) is 2.76. The molecule has 2 aliphatic carbocycles. The lowest BCUT2D eigenvalue weighted by atomic mass is 9.68. The first-order valence-electron chi connectivity index (χ1n) is 13.0. The van der Waals surface area contributed by atoms with E-state index < -0.39 is 17.5 Å². The Morgan fingerprint density at radius 3 is 2.29 bits per heavy atom. The molecule has 4 aliphatic rings. The summed E-state index contributed by atoms with van der Waals surface area (Å²) in [5.41, 5.74) is 0.452. The fourth-order valence-electron chi connectivity index (χ4n) is 7.14. The number of ether oxygens (including phenoxy) is 1. The lowest BCUT2D eigenvalue weighted by Crippen LogP contribution is -2.42. The van der Waals surface area contributed by atoms with Gasteiger partial charge in [0.2, 0.25) is 0 Å². The fraction of sp³-hybridized carbons (Fsp3) is 0.630. The predicted octanol–water partition coefficient (Wildman–Crippen LogP) is 5.42. The SMILES string of the molecule is Fc1cc(F)c(F)c(-c2ccc(N[C@@H]3C[C@@H]4CN(C5CCC6(CCOCC6)CC5)C[C@@H]4C3)nn2)c1. The van der Waals surface area contributed by atoms with Crippen molar-refractivity contribution in [1.29, 1.82) is 0 Å². The third-order valence-electron chi connectivity index (χ3n) is 9.15. The molecule has 1 aromatic heterocycles. The van der Waals surface area contributed by atoms with E-state index in [1.54, 1.807) is 12.1 Å². The highest BCUT2D eigenvalue weighted by Crippen LogP contribution is 2.47. The zero-order chi connectivity index (χ0) is 24.0. The average molecular weight is 487 g/mol. The molecule has 0 amide bonds. The monoisotopic (exact) mass is 486 g/mol. The van der Waals surface area contributed by atoms with E-state index in [1.807, 2.05) is 0 Å². The summed E-state index contributed by atoms with van der Waals surface area (Å²) >= 11 is 0. The summed E-state index contributed by atoms with van der Waals surface area (Å²) < 4.78 is 46.7. The zero-order valence-corrected chi connectivity index (χ0v) is 20.0. The Morgan fingerprint density at radius 1 is 0.914 bits per heavy atom. The molecule has 6 rings (SSSR count). The van der Waals surface area contributed by atoms with Crippen molar-refractivity contribution < 1.29 is 17.9 Å². The Morgan fingerprint density at radius 2 is 1.63 bits per heavy atom. The van der Waals surface area contributed by atoms with Crippen LogP contribution in [0.3, 0.4) is 0 Å². The third-order valence-corrected chi connectivity index (χ3v) is 9.15. The molecule has 0 radical (unpaired) electrons. The molecule has 5 nitrogen and oxygen atoms in total. The minimum Gasteiger partial charge on any atom is -0.381 e. The number of benzene rings is 1. The fourth-order valence-corrected chi connectivity index (χ4v) is 7.14. The number of likely N-dealkylation sites (tertiary alicyclic amines) is 1. The Bertz CT molecular complexity index is 1040. The Balaban J connectivity index is 1.01. The van der Waals surface area contributed by atoms with E-state index in [0.717, 1.165) is 38.2 Å². The zero-order valence-electron chi connectivity index (χ0n) is 20.0. The highest BCUT2D eigenvalue weighted by atomic mass is 19.2. The third kappa shape index (κ3) is 4.67. The number of rotatable bonds is 4. The minimum atomic E-state index is -1.23. The van der Waals surface area contributed by atoms with Crippen LogP contribution in [-0.2, 0) is 4.74 Å². The van der Waals surface area contributed by atoms with Crippen molar-refractivity contribution in [3.8, 4) is 11.3 Å². The lowest BCUT2D eigenvalue weighted by molar-refractivity contribution is -0.0186. The molecule has 0 unspecified atom stereocenters. The molecule has 2 saturated heterocycles. The van der Waals surface area contributed by atoms with Gasteiger partial charge < -0.3 is 10.1 Å². The quantitative estimate of drug-likeness (QED) is 0.585. The van der Waals surface area contributed by atoms with Gasteiger partial charge >= 0.3 is 0 Å². The molecule has 2 aliphatic heterocycles. The number of aromatic nitrogens is 2. The van der Waals surface area contributed by atoms with Gasteiger partial charge in [-0.25, -0.2) is 13.2 Å². The number of hydrogen-bond acceptors (Lipinski definition) is 5. The second kappa shape index (κ2) is 9.36. The first kappa shape index (κ1) is 23.2. The first-order chi connectivity index (χ1) is 17.0. The van der Waals surface area contributed by atoms with Gasteiger partial charge in [0.25, 0.3) is 0 Å². The van der Waals surface area contributed by atoms with Gasteiger partial charge in [0.05, 0.1) is 5.69 Å². The molecule has 4 fully saturated rings. The van der Waals surface area contributed by atoms with Gasteiger partial charge in [0, 0.05) is 50.0 Å². The Hall–Kier alpha value is -2.19. The van der Waals surface area contributed by atoms with Crippen LogP contribution in [0.5, 0.6) is 0 Å². The van der Waals surface area contributed by atoms with Gasteiger partial charge in [-0.2, -0.15) is 0 Å². The largest absolute Gasteiger partial charge is 0.381 e. The highest BCUT2D eigenvalue weighted by Gasteiger charge is 2.45. The van der Waals surface area contributed by atoms with Crippen LogP contribution in [0.25, 0.3) is 11.3 Å². The van der Waals surface area contributed by atoms with Crippen LogP contribution in [0.2, 0.25) is 0 Å². The van der Waals surface area contributed by atoms with Crippen LogP contribution in [0.1, 0.15) is 51.4 Å². The molecular weight excluding hydrogens is 453 g/mol. The van der Waals surface area contributed by atoms with Gasteiger partial charge in [0.1, 0.15) is 11.6 Å². The lowest BCUT2D eigenvalue weighted by Gasteiger charge is -2.45. The summed E-state index contributed by atoms with van der Waals surface area (Å²) in [7, 11) is 0. The maximum Gasteiger partial charge on any atom is 0.168 e. The van der Waals surface area contributed by atoms with E-state index in [2.05, 4.69) is 20.4 Å². The molecule has 2 saturated carbocycles. The second-order valence-electron chi connectivity index (χ2n) is 11.2. The first-order valence-corrected chi connectivity index (χ1v) is 13.0. The van der Waals surface area contributed by atoms with Crippen molar-refractivity contribution in [2.45, 2.75) is 63.5 Å².